The largest absolute Gasteiger partial charge is 0.508 e. The van der Waals surface area contributed by atoms with E-state index in [2.05, 4.69) is 15.7 Å². The monoisotopic (exact) mass is 940 g/mol. The third-order valence-corrected chi connectivity index (χ3v) is 13.3. The van der Waals surface area contributed by atoms with E-state index in [1.165, 1.54) is 48.5 Å². The second-order valence-electron chi connectivity index (χ2n) is 16.2. The summed E-state index contributed by atoms with van der Waals surface area (Å²) in [4.78, 5) is 38.8. The van der Waals surface area contributed by atoms with Crippen LogP contribution in [0.1, 0.15) is 87.5 Å². The molecular weight excluding hydrogens is 903 g/mol. The number of phenols is 2. The SMILES string of the molecule is O=C(NCCCCCCn1cc(-n2c(C3CC3)c(Sc3cccc(C(=O)O)c3F)c3ccc(Cl)c(F)c32)cn1)Nc1ccc2c(c1)C(=O)OC21c2ccc(O)cc2Oc2cc(O)ccc21.[Na]. The van der Waals surface area contributed by atoms with Gasteiger partial charge in [0.1, 0.15) is 23.0 Å². The number of ether oxygens (including phenoxy) is 2. The van der Waals surface area contributed by atoms with Gasteiger partial charge < -0.3 is 40.0 Å². The molecule has 13 nitrogen and oxygen atoms in total. The van der Waals surface area contributed by atoms with Crippen molar-refractivity contribution in [2.75, 3.05) is 11.9 Å². The summed E-state index contributed by atoms with van der Waals surface area (Å²) in [6.45, 7) is 0.992. The number of hydrogen-bond acceptors (Lipinski definition) is 9. The molecule has 66 heavy (non-hydrogen) atoms. The van der Waals surface area contributed by atoms with Gasteiger partial charge in [-0.2, -0.15) is 5.10 Å². The van der Waals surface area contributed by atoms with Crippen LogP contribution in [0.25, 0.3) is 16.6 Å². The second kappa shape index (κ2) is 18.0. The number of fused-ring (bicyclic) bond motifs is 7. The van der Waals surface area contributed by atoms with E-state index in [0.717, 1.165) is 49.6 Å². The molecule has 1 radical (unpaired) electrons. The van der Waals surface area contributed by atoms with Crippen molar-refractivity contribution in [2.24, 2.45) is 0 Å². The smallest absolute Gasteiger partial charge is 0.340 e. The Morgan fingerprint density at radius 1 is 0.894 bits per heavy atom. The molecule has 1 spiro atoms. The average molecular weight is 941 g/mol. The van der Waals surface area contributed by atoms with Gasteiger partial charge in [-0.25, -0.2) is 23.2 Å². The van der Waals surface area contributed by atoms with Gasteiger partial charge in [0.05, 0.1) is 33.6 Å². The van der Waals surface area contributed by atoms with Crippen molar-refractivity contribution in [3.8, 4) is 28.7 Å². The van der Waals surface area contributed by atoms with Crippen molar-refractivity contribution in [2.45, 2.75) is 66.4 Å². The number of nitrogens with one attached hydrogen (secondary N) is 2. The summed E-state index contributed by atoms with van der Waals surface area (Å²) < 4.78 is 47.0. The van der Waals surface area contributed by atoms with E-state index in [4.69, 9.17) is 21.1 Å². The second-order valence-corrected chi connectivity index (χ2v) is 17.6. The minimum absolute atomic E-state index is 0. The molecule has 0 bridgehead atoms. The van der Waals surface area contributed by atoms with Crippen molar-refractivity contribution in [1.82, 2.24) is 19.7 Å². The van der Waals surface area contributed by atoms with Gasteiger partial charge >= 0.3 is 18.0 Å². The Morgan fingerprint density at radius 2 is 1.61 bits per heavy atom. The number of urea groups is 1. The van der Waals surface area contributed by atoms with Crippen LogP contribution in [0.5, 0.6) is 23.0 Å². The number of carbonyl (C=O) groups is 3. The van der Waals surface area contributed by atoms with E-state index >= 15 is 8.78 Å². The Balaban J connectivity index is 0.00000548. The first kappa shape index (κ1) is 45.1. The summed E-state index contributed by atoms with van der Waals surface area (Å²) in [7, 11) is 0. The number of carbonyl (C=O) groups excluding carboxylic acids is 2. The van der Waals surface area contributed by atoms with Crippen LogP contribution in [-0.2, 0) is 16.9 Å². The van der Waals surface area contributed by atoms with Gasteiger partial charge in [-0.15, -0.1) is 0 Å². The van der Waals surface area contributed by atoms with Crippen LogP contribution in [0.15, 0.2) is 107 Å². The van der Waals surface area contributed by atoms with E-state index in [1.54, 1.807) is 47.3 Å². The topological polar surface area (TPSA) is 177 Å². The number of aromatic hydroxyl groups is 2. The molecule has 0 atom stereocenters. The number of carboxylic acid groups (broad SMARTS) is 1. The summed E-state index contributed by atoms with van der Waals surface area (Å²) in [5, 5.41) is 40.6. The number of aryl methyl sites for hydroxylation is 1. The van der Waals surface area contributed by atoms with Crippen LogP contribution in [-0.4, -0.2) is 83.7 Å². The summed E-state index contributed by atoms with van der Waals surface area (Å²) in [5.41, 5.74) is 1.97. The zero-order chi connectivity index (χ0) is 45.1. The number of anilines is 1. The number of hydrogen-bond donors (Lipinski definition) is 5. The predicted octanol–water partition coefficient (Wildman–Crippen LogP) is 10.5. The number of nitrogens with zero attached hydrogens (tertiary/aromatic N) is 3. The molecule has 2 aliphatic heterocycles. The molecule has 331 valence electrons. The minimum atomic E-state index is -1.41. The molecule has 1 aliphatic carbocycles. The summed E-state index contributed by atoms with van der Waals surface area (Å²) in [6, 6.07) is 20.9. The maximum absolute atomic E-state index is 15.9. The Labute approximate surface area is 407 Å². The minimum Gasteiger partial charge on any atom is -0.508 e. The maximum Gasteiger partial charge on any atom is 0.340 e. The molecule has 0 saturated heterocycles. The normalized spacial score (nSPS) is 14.2. The molecule has 7 aromatic rings. The predicted molar refractivity (Wildman–Crippen MR) is 243 cm³/mol. The van der Waals surface area contributed by atoms with Gasteiger partial charge in [-0.3, -0.25) is 4.68 Å². The summed E-state index contributed by atoms with van der Waals surface area (Å²) in [6.07, 6.45) is 8.38. The first-order valence-electron chi connectivity index (χ1n) is 20.9. The number of unbranched alkanes of at least 4 members (excludes halogenated alkanes) is 3. The van der Waals surface area contributed by atoms with Crippen LogP contribution in [0, 0.1) is 11.6 Å². The summed E-state index contributed by atoms with van der Waals surface area (Å²) >= 11 is 7.39. The number of esters is 1. The molecule has 5 N–H and O–H groups in total. The Hall–Kier alpha value is -6.04. The van der Waals surface area contributed by atoms with Crippen LogP contribution < -0.4 is 15.4 Å². The molecule has 3 aliphatic rings. The van der Waals surface area contributed by atoms with Gasteiger partial charge in [0.2, 0.25) is 0 Å². The number of aromatic carboxylic acids is 1. The van der Waals surface area contributed by atoms with Crippen LogP contribution in [0.2, 0.25) is 5.02 Å². The zero-order valence-corrected chi connectivity index (χ0v) is 38.8. The summed E-state index contributed by atoms with van der Waals surface area (Å²) in [5.74, 6) is -2.93. The van der Waals surface area contributed by atoms with Gasteiger partial charge in [-0.1, -0.05) is 48.3 Å². The Morgan fingerprint density at radius 3 is 2.32 bits per heavy atom. The van der Waals surface area contributed by atoms with E-state index in [0.29, 0.717) is 57.9 Å². The molecule has 10 rings (SSSR count). The average Bonchev–Trinajstić information content (AvgIpc) is 3.82. The maximum atomic E-state index is 15.9. The van der Waals surface area contributed by atoms with Gasteiger partial charge in [-0.05, 0) is 86.3 Å². The Kier molecular flexibility index (Phi) is 12.3. The van der Waals surface area contributed by atoms with Gasteiger partial charge in [0.15, 0.2) is 17.2 Å². The fourth-order valence-electron chi connectivity index (χ4n) is 8.77. The first-order valence-corrected chi connectivity index (χ1v) is 22.1. The molecule has 18 heteroatoms. The molecule has 4 heterocycles. The van der Waals surface area contributed by atoms with E-state index in [-0.39, 0.29) is 79.5 Å². The fraction of sp³-hybridized carbons (Fsp3) is 0.208. The Bertz CT molecular complexity index is 3070. The number of rotatable bonds is 13. The number of phenolic OH excluding ortho intramolecular Hbond substituents is 2. The van der Waals surface area contributed by atoms with E-state index < -0.39 is 40.8 Å². The number of amides is 2. The molecule has 1 saturated carbocycles. The standard InChI is InChI=1S/C48H38ClF2N5O8S.Na/c49-36-17-13-31-43(41(36)51)56(42(25-8-9-25)44(31)65-39-7-5-6-30(40(39)50)45(59)60)27-23-53-55(24-27)19-4-2-1-3-18-52-47(62)54-26-10-14-33-32(20-26)46(61)64-48(33)34-15-11-28(57)21-37(34)63-38-22-29(58)12-16-35(38)48;/h5-7,10-17,20-25,57-58H,1-4,8-9,18-19H2,(H,59,60)(H2,52,54,62);. The number of halogens is 3. The fourth-order valence-corrected chi connectivity index (χ4v) is 10.1. The molecule has 1 fully saturated rings. The third kappa shape index (κ3) is 8.04. The van der Waals surface area contributed by atoms with Gasteiger partial charge in [0.25, 0.3) is 0 Å². The van der Waals surface area contributed by atoms with Crippen LogP contribution in [0.4, 0.5) is 19.3 Å². The zero-order valence-electron chi connectivity index (χ0n) is 35.2. The molecule has 2 aromatic heterocycles. The van der Waals surface area contributed by atoms with Crippen LogP contribution >= 0.6 is 23.4 Å². The van der Waals surface area contributed by atoms with Crippen molar-refractivity contribution < 1.29 is 48.0 Å². The van der Waals surface area contributed by atoms with Crippen molar-refractivity contribution in [1.29, 1.82) is 0 Å². The van der Waals surface area contributed by atoms with Crippen molar-refractivity contribution in [3.63, 3.8) is 0 Å². The molecule has 0 unspecified atom stereocenters. The molecular formula is C48H38ClF2N5NaO8S. The first-order chi connectivity index (χ1) is 31.4. The van der Waals surface area contributed by atoms with E-state index in [1.807, 2.05) is 10.8 Å². The van der Waals surface area contributed by atoms with Gasteiger partial charge in [0, 0.05) is 110 Å². The number of aromatic nitrogens is 3. The van der Waals surface area contributed by atoms with Crippen LogP contribution in [0.3, 0.4) is 0 Å². The number of benzene rings is 5. The quantitative estimate of drug-likeness (QED) is 0.0425. The van der Waals surface area contributed by atoms with Crippen molar-refractivity contribution >= 4 is 87.5 Å². The number of carboxylic acids is 1. The molecule has 5 aromatic carbocycles. The van der Waals surface area contributed by atoms with Crippen molar-refractivity contribution in [3.05, 3.63) is 147 Å². The van der Waals surface area contributed by atoms with E-state index in [9.17, 15) is 29.7 Å². The third-order valence-electron chi connectivity index (χ3n) is 11.9. The molecule has 2 amide bonds.